The lowest BCUT2D eigenvalue weighted by molar-refractivity contribution is -0.116. The van der Waals surface area contributed by atoms with Gasteiger partial charge in [0.25, 0.3) is 0 Å². The number of para-hydroxylation sites is 2. The van der Waals surface area contributed by atoms with E-state index in [2.05, 4.69) is 5.32 Å². The summed E-state index contributed by atoms with van der Waals surface area (Å²) in [4.78, 5) is 11.8. The third kappa shape index (κ3) is 5.72. The van der Waals surface area contributed by atoms with Crippen LogP contribution in [0.15, 0.2) is 24.3 Å². The van der Waals surface area contributed by atoms with E-state index in [9.17, 15) is 4.79 Å². The fourth-order valence-electron chi connectivity index (χ4n) is 1.53. The monoisotopic (exact) mass is 266 g/mol. The number of amides is 1. The highest BCUT2D eigenvalue weighted by atomic mass is 16.5. The highest BCUT2D eigenvalue weighted by Gasteiger charge is 2.09. The van der Waals surface area contributed by atoms with Gasteiger partial charge >= 0.3 is 0 Å². The average molecular weight is 266 g/mol. The lowest BCUT2D eigenvalue weighted by Gasteiger charge is -2.13. The molecule has 5 heteroatoms. The Kier molecular flexibility index (Phi) is 6.92. The first kappa shape index (κ1) is 15.5. The van der Waals surface area contributed by atoms with Crippen molar-refractivity contribution in [2.45, 2.75) is 25.9 Å². The quantitative estimate of drug-likeness (QED) is 0.752. The van der Waals surface area contributed by atoms with Gasteiger partial charge in [-0.05, 0) is 25.5 Å². The number of nitrogens with one attached hydrogen (secondary N) is 1. The Morgan fingerprint density at radius 3 is 2.84 bits per heavy atom. The first-order valence-corrected chi connectivity index (χ1v) is 6.42. The van der Waals surface area contributed by atoms with Gasteiger partial charge in [0, 0.05) is 20.1 Å². The Balaban J connectivity index is 2.53. The predicted octanol–water partition coefficient (Wildman–Crippen LogP) is 1.78. The van der Waals surface area contributed by atoms with E-state index in [-0.39, 0.29) is 12.0 Å². The second-order valence-corrected chi connectivity index (χ2v) is 4.27. The van der Waals surface area contributed by atoms with E-state index >= 15 is 0 Å². The molecule has 0 fully saturated rings. The van der Waals surface area contributed by atoms with Crippen LogP contribution in [-0.4, -0.2) is 32.3 Å². The van der Waals surface area contributed by atoms with Crippen LogP contribution in [0.3, 0.4) is 0 Å². The molecule has 1 aromatic carbocycles. The molecule has 0 heterocycles. The number of carbonyl (C=O) groups is 1. The maximum absolute atomic E-state index is 11.8. The van der Waals surface area contributed by atoms with Crippen molar-refractivity contribution in [1.29, 1.82) is 0 Å². The minimum absolute atomic E-state index is 0.0484. The van der Waals surface area contributed by atoms with Gasteiger partial charge in [-0.1, -0.05) is 12.1 Å². The summed E-state index contributed by atoms with van der Waals surface area (Å²) in [5, 5.41) is 2.84. The van der Waals surface area contributed by atoms with Gasteiger partial charge in [0.05, 0.1) is 11.8 Å². The maximum atomic E-state index is 11.8. The van der Waals surface area contributed by atoms with Gasteiger partial charge in [-0.25, -0.2) is 0 Å². The highest BCUT2D eigenvalue weighted by molar-refractivity contribution is 5.92. The minimum Gasteiger partial charge on any atom is -0.490 e. The first-order chi connectivity index (χ1) is 9.17. The zero-order valence-corrected chi connectivity index (χ0v) is 11.5. The number of anilines is 1. The van der Waals surface area contributed by atoms with Crippen molar-refractivity contribution in [1.82, 2.24) is 0 Å². The van der Waals surface area contributed by atoms with E-state index in [1.54, 1.807) is 7.11 Å². The summed E-state index contributed by atoms with van der Waals surface area (Å²) in [5.74, 6) is 0.591. The molecule has 1 rings (SSSR count). The number of rotatable bonds is 8. The van der Waals surface area contributed by atoms with Gasteiger partial charge in [0.2, 0.25) is 5.91 Å². The summed E-state index contributed by atoms with van der Waals surface area (Å²) in [6.07, 6.45) is 1.18. The van der Waals surface area contributed by atoms with E-state index < -0.39 is 0 Å². The smallest absolute Gasteiger partial charge is 0.224 e. The maximum Gasteiger partial charge on any atom is 0.224 e. The van der Waals surface area contributed by atoms with Crippen molar-refractivity contribution in [2.75, 3.05) is 25.6 Å². The topological polar surface area (TPSA) is 73.6 Å². The molecule has 0 aliphatic carbocycles. The van der Waals surface area contributed by atoms with Crippen LogP contribution in [0.4, 0.5) is 5.69 Å². The molecule has 0 radical (unpaired) electrons. The Morgan fingerprint density at radius 2 is 2.16 bits per heavy atom. The molecule has 0 aliphatic rings. The lowest BCUT2D eigenvalue weighted by atomic mass is 10.2. The summed E-state index contributed by atoms with van der Waals surface area (Å²) in [6, 6.07) is 7.32. The number of hydrogen-bond acceptors (Lipinski definition) is 4. The molecule has 19 heavy (non-hydrogen) atoms. The molecule has 0 aliphatic heterocycles. The Bertz CT molecular complexity index is 396. The van der Waals surface area contributed by atoms with E-state index in [1.807, 2.05) is 31.2 Å². The number of ether oxygens (including phenoxy) is 2. The zero-order chi connectivity index (χ0) is 14.1. The van der Waals surface area contributed by atoms with E-state index in [0.717, 1.165) is 0 Å². The van der Waals surface area contributed by atoms with Crippen molar-refractivity contribution in [2.24, 2.45) is 5.73 Å². The van der Waals surface area contributed by atoms with Gasteiger partial charge in [-0.3, -0.25) is 4.79 Å². The number of methoxy groups -OCH3 is 1. The SMILES string of the molecule is COC(C)CCC(=O)Nc1ccccc1OCCN. The molecule has 1 unspecified atom stereocenters. The zero-order valence-electron chi connectivity index (χ0n) is 11.5. The standard InChI is InChI=1S/C14H22N2O3/c1-11(18-2)7-8-14(17)16-12-5-3-4-6-13(12)19-10-9-15/h3-6,11H,7-10,15H2,1-2H3,(H,16,17). The highest BCUT2D eigenvalue weighted by Crippen LogP contribution is 2.23. The van der Waals surface area contributed by atoms with E-state index in [0.29, 0.717) is 37.4 Å². The number of carbonyl (C=O) groups excluding carboxylic acids is 1. The Hall–Kier alpha value is -1.59. The van der Waals surface area contributed by atoms with Gasteiger partial charge in [0.1, 0.15) is 12.4 Å². The largest absolute Gasteiger partial charge is 0.490 e. The van der Waals surface area contributed by atoms with Crippen LogP contribution in [0.5, 0.6) is 5.75 Å². The van der Waals surface area contributed by atoms with Crippen molar-refractivity contribution >= 4 is 11.6 Å². The summed E-state index contributed by atoms with van der Waals surface area (Å²) in [6.45, 7) is 2.80. The number of benzene rings is 1. The summed E-state index contributed by atoms with van der Waals surface area (Å²) in [7, 11) is 1.64. The van der Waals surface area contributed by atoms with E-state index in [1.165, 1.54) is 0 Å². The summed E-state index contributed by atoms with van der Waals surface area (Å²) < 4.78 is 10.6. The molecule has 0 saturated heterocycles. The number of hydrogen-bond donors (Lipinski definition) is 2. The molecule has 3 N–H and O–H groups in total. The fraction of sp³-hybridized carbons (Fsp3) is 0.500. The normalized spacial score (nSPS) is 11.9. The fourth-order valence-corrected chi connectivity index (χ4v) is 1.53. The minimum atomic E-state index is -0.0484. The second kappa shape index (κ2) is 8.50. The number of nitrogens with two attached hydrogens (primary N) is 1. The molecule has 0 aromatic heterocycles. The van der Waals surface area contributed by atoms with Crippen molar-refractivity contribution < 1.29 is 14.3 Å². The van der Waals surface area contributed by atoms with Crippen molar-refractivity contribution in [3.8, 4) is 5.75 Å². The first-order valence-electron chi connectivity index (χ1n) is 6.42. The van der Waals surface area contributed by atoms with Crippen LogP contribution in [0.1, 0.15) is 19.8 Å². The van der Waals surface area contributed by atoms with Crippen LogP contribution in [0.25, 0.3) is 0 Å². The van der Waals surface area contributed by atoms with Crippen LogP contribution >= 0.6 is 0 Å². The molecule has 0 spiro atoms. The predicted molar refractivity (Wildman–Crippen MR) is 75.3 cm³/mol. The van der Waals surface area contributed by atoms with Gasteiger partial charge in [-0.15, -0.1) is 0 Å². The van der Waals surface area contributed by atoms with Crippen molar-refractivity contribution in [3.63, 3.8) is 0 Å². The van der Waals surface area contributed by atoms with E-state index in [4.69, 9.17) is 15.2 Å². The molecule has 0 saturated carbocycles. The molecule has 5 nitrogen and oxygen atoms in total. The van der Waals surface area contributed by atoms with Gasteiger partial charge in [0.15, 0.2) is 0 Å². The third-order valence-corrected chi connectivity index (χ3v) is 2.72. The summed E-state index contributed by atoms with van der Waals surface area (Å²) in [5.41, 5.74) is 6.07. The molecule has 106 valence electrons. The molecular formula is C14H22N2O3. The molecule has 1 aromatic rings. The van der Waals surface area contributed by atoms with Crippen LogP contribution < -0.4 is 15.8 Å². The second-order valence-electron chi connectivity index (χ2n) is 4.27. The van der Waals surface area contributed by atoms with Crippen LogP contribution in [-0.2, 0) is 9.53 Å². The molecular weight excluding hydrogens is 244 g/mol. The van der Waals surface area contributed by atoms with Crippen LogP contribution in [0.2, 0.25) is 0 Å². The molecule has 0 bridgehead atoms. The average Bonchev–Trinajstić information content (AvgIpc) is 2.43. The Morgan fingerprint density at radius 1 is 1.42 bits per heavy atom. The summed E-state index contributed by atoms with van der Waals surface area (Å²) >= 11 is 0. The van der Waals surface area contributed by atoms with Crippen molar-refractivity contribution in [3.05, 3.63) is 24.3 Å². The van der Waals surface area contributed by atoms with Crippen LogP contribution in [0, 0.1) is 0 Å². The third-order valence-electron chi connectivity index (χ3n) is 2.72. The lowest BCUT2D eigenvalue weighted by Crippen LogP contribution is -2.16. The molecule has 1 amide bonds. The molecule has 1 atom stereocenters. The Labute approximate surface area is 114 Å². The van der Waals surface area contributed by atoms with Gasteiger partial charge < -0.3 is 20.5 Å². The van der Waals surface area contributed by atoms with Gasteiger partial charge in [-0.2, -0.15) is 0 Å².